The maximum Gasteiger partial charge on any atom is 0.263 e. The Kier molecular flexibility index (Phi) is 6.05. The number of nitrogens with zero attached hydrogens (tertiary/aromatic N) is 2. The van der Waals surface area contributed by atoms with Gasteiger partial charge in [-0.1, -0.05) is 29.8 Å². The van der Waals surface area contributed by atoms with Crippen LogP contribution in [-0.4, -0.2) is 24.3 Å². The number of rotatable bonds is 6. The highest BCUT2D eigenvalue weighted by Gasteiger charge is 2.17. The lowest BCUT2D eigenvalue weighted by atomic mass is 10.1. The molecule has 0 aliphatic rings. The van der Waals surface area contributed by atoms with Gasteiger partial charge in [0.1, 0.15) is 0 Å². The predicted octanol–water partition coefficient (Wildman–Crippen LogP) is 6.13. The summed E-state index contributed by atoms with van der Waals surface area (Å²) >= 11 is 8.65. The van der Waals surface area contributed by atoms with E-state index in [1.165, 1.54) is 53.1 Å². The molecule has 0 unspecified atom stereocenters. The van der Waals surface area contributed by atoms with Crippen LogP contribution >= 0.6 is 34.3 Å². The van der Waals surface area contributed by atoms with Gasteiger partial charge >= 0.3 is 0 Å². The number of halogens is 1. The lowest BCUT2D eigenvalue weighted by Crippen LogP contribution is -2.14. The Morgan fingerprint density at radius 1 is 1.00 bits per heavy atom. The number of amides is 1. The first kappa shape index (κ1) is 22.5. The van der Waals surface area contributed by atoms with Crippen molar-refractivity contribution in [2.75, 3.05) is 10.0 Å². The minimum absolute atomic E-state index is 0.0620. The SMILES string of the molecule is O=C(Nc1ccc(S(=O)(=O)Nc2nccs2)cc1)c1cc(-c2ccc(Cl)s2)nc2ccccc12. The average molecular weight is 527 g/mol. The van der Waals surface area contributed by atoms with Crippen molar-refractivity contribution in [2.24, 2.45) is 0 Å². The molecule has 0 saturated carbocycles. The van der Waals surface area contributed by atoms with Gasteiger partial charge in [-0.05, 0) is 48.5 Å². The first-order valence-electron chi connectivity index (χ1n) is 9.88. The van der Waals surface area contributed by atoms with Crippen molar-refractivity contribution in [3.63, 3.8) is 0 Å². The highest BCUT2D eigenvalue weighted by Crippen LogP contribution is 2.32. The molecule has 1 amide bonds. The molecule has 3 aromatic heterocycles. The zero-order valence-electron chi connectivity index (χ0n) is 17.2. The molecule has 0 radical (unpaired) electrons. The summed E-state index contributed by atoms with van der Waals surface area (Å²) in [6.45, 7) is 0. The van der Waals surface area contributed by atoms with Gasteiger partial charge in [0.2, 0.25) is 0 Å². The van der Waals surface area contributed by atoms with Crippen LogP contribution in [0.25, 0.3) is 21.5 Å². The van der Waals surface area contributed by atoms with Crippen molar-refractivity contribution in [1.82, 2.24) is 9.97 Å². The molecule has 0 atom stereocenters. The van der Waals surface area contributed by atoms with E-state index in [1.54, 1.807) is 17.5 Å². The Morgan fingerprint density at radius 3 is 2.50 bits per heavy atom. The van der Waals surface area contributed by atoms with E-state index in [0.717, 1.165) is 4.88 Å². The molecule has 5 aromatic rings. The number of fused-ring (bicyclic) bond motifs is 1. The van der Waals surface area contributed by atoms with Gasteiger partial charge in [0, 0.05) is 22.7 Å². The number of thiophene rings is 1. The second-order valence-electron chi connectivity index (χ2n) is 7.10. The summed E-state index contributed by atoms with van der Waals surface area (Å²) < 4.78 is 28.1. The molecule has 0 fully saturated rings. The molecule has 170 valence electrons. The molecule has 0 aliphatic heterocycles. The van der Waals surface area contributed by atoms with Crippen molar-refractivity contribution >= 4 is 71.9 Å². The number of hydrogen-bond donors (Lipinski definition) is 2. The van der Waals surface area contributed by atoms with E-state index in [9.17, 15) is 13.2 Å². The van der Waals surface area contributed by atoms with Crippen LogP contribution in [0.1, 0.15) is 10.4 Å². The minimum atomic E-state index is -3.78. The third-order valence-corrected chi connectivity index (χ3v) is 8.29. The fourth-order valence-electron chi connectivity index (χ4n) is 3.31. The molecule has 7 nitrogen and oxygen atoms in total. The molecule has 3 heterocycles. The van der Waals surface area contributed by atoms with E-state index in [4.69, 9.17) is 11.6 Å². The Hall–Kier alpha value is -3.31. The van der Waals surface area contributed by atoms with Gasteiger partial charge < -0.3 is 5.32 Å². The zero-order chi connectivity index (χ0) is 23.7. The number of hydrogen-bond acceptors (Lipinski definition) is 7. The summed E-state index contributed by atoms with van der Waals surface area (Å²) in [7, 11) is -3.78. The Morgan fingerprint density at radius 2 is 1.79 bits per heavy atom. The fraction of sp³-hybridized carbons (Fsp3) is 0. The van der Waals surface area contributed by atoms with Crippen LogP contribution in [0.3, 0.4) is 0 Å². The smallest absolute Gasteiger partial charge is 0.263 e. The van der Waals surface area contributed by atoms with Gasteiger partial charge in [0.25, 0.3) is 15.9 Å². The third kappa shape index (κ3) is 4.66. The highest BCUT2D eigenvalue weighted by molar-refractivity contribution is 7.93. The Balaban J connectivity index is 1.42. The third-order valence-electron chi connectivity index (χ3n) is 4.86. The number of carbonyl (C=O) groups is 1. The predicted molar refractivity (Wildman–Crippen MR) is 137 cm³/mol. The van der Waals surface area contributed by atoms with E-state index in [0.29, 0.717) is 32.2 Å². The van der Waals surface area contributed by atoms with Crippen LogP contribution in [0, 0.1) is 0 Å². The first-order chi connectivity index (χ1) is 16.4. The van der Waals surface area contributed by atoms with Crippen molar-refractivity contribution < 1.29 is 13.2 Å². The second-order valence-corrected chi connectivity index (χ2v) is 11.4. The van der Waals surface area contributed by atoms with Gasteiger partial charge in [0.05, 0.1) is 30.9 Å². The number of anilines is 2. The van der Waals surface area contributed by atoms with Crippen LogP contribution in [0.5, 0.6) is 0 Å². The van der Waals surface area contributed by atoms with Gasteiger partial charge in [-0.15, -0.1) is 22.7 Å². The van der Waals surface area contributed by atoms with Crippen molar-refractivity contribution in [1.29, 1.82) is 0 Å². The van der Waals surface area contributed by atoms with Gasteiger partial charge in [-0.3, -0.25) is 9.52 Å². The van der Waals surface area contributed by atoms with Crippen molar-refractivity contribution in [3.8, 4) is 10.6 Å². The summed E-state index contributed by atoms with van der Waals surface area (Å²) in [6.07, 6.45) is 1.52. The van der Waals surface area contributed by atoms with E-state index in [-0.39, 0.29) is 15.9 Å². The fourth-order valence-corrected chi connectivity index (χ4v) is 6.10. The standard InChI is InChI=1S/C23H15ClN4O3S3/c24-21-10-9-20(33-21)19-13-17(16-3-1-2-4-18(16)27-19)22(29)26-14-5-7-15(8-6-14)34(30,31)28-23-25-11-12-32-23/h1-13H,(H,25,28)(H,26,29). The van der Waals surface area contributed by atoms with Crippen LogP contribution in [0.4, 0.5) is 10.8 Å². The van der Waals surface area contributed by atoms with Gasteiger partial charge in [-0.2, -0.15) is 0 Å². The molecular weight excluding hydrogens is 512 g/mol. The molecule has 11 heteroatoms. The molecular formula is C23H15ClN4O3S3. The number of benzene rings is 2. The van der Waals surface area contributed by atoms with E-state index in [2.05, 4.69) is 20.0 Å². The molecule has 5 rings (SSSR count). The van der Waals surface area contributed by atoms with E-state index < -0.39 is 10.0 Å². The van der Waals surface area contributed by atoms with Crippen molar-refractivity contribution in [3.05, 3.63) is 88.2 Å². The monoisotopic (exact) mass is 526 g/mol. The van der Waals surface area contributed by atoms with Crippen molar-refractivity contribution in [2.45, 2.75) is 4.90 Å². The van der Waals surface area contributed by atoms with E-state index in [1.807, 2.05) is 30.3 Å². The molecule has 34 heavy (non-hydrogen) atoms. The lowest BCUT2D eigenvalue weighted by molar-refractivity contribution is 0.102. The van der Waals surface area contributed by atoms with Crippen LogP contribution in [0.2, 0.25) is 4.34 Å². The summed E-state index contributed by atoms with van der Waals surface area (Å²) in [6, 6.07) is 18.7. The number of nitrogens with one attached hydrogen (secondary N) is 2. The van der Waals surface area contributed by atoms with Crippen LogP contribution in [0.15, 0.2) is 83.2 Å². The topological polar surface area (TPSA) is 101 Å². The molecule has 2 N–H and O–H groups in total. The van der Waals surface area contributed by atoms with Crippen LogP contribution < -0.4 is 10.0 Å². The minimum Gasteiger partial charge on any atom is -0.322 e. The summed E-state index contributed by atoms with van der Waals surface area (Å²) in [5.41, 5.74) is 2.24. The molecule has 0 aliphatic carbocycles. The summed E-state index contributed by atoms with van der Waals surface area (Å²) in [5.74, 6) is -0.334. The molecule has 0 spiro atoms. The Bertz CT molecular complexity index is 1600. The number of pyridine rings is 1. The second kappa shape index (κ2) is 9.15. The number of para-hydroxylation sites is 1. The van der Waals surface area contributed by atoms with E-state index >= 15 is 0 Å². The number of carbonyl (C=O) groups excluding carboxylic acids is 1. The maximum absolute atomic E-state index is 13.2. The molecule has 0 bridgehead atoms. The number of aromatic nitrogens is 2. The Labute approximate surface area is 208 Å². The average Bonchev–Trinajstić information content (AvgIpc) is 3.50. The highest BCUT2D eigenvalue weighted by atomic mass is 35.5. The normalized spacial score (nSPS) is 11.4. The largest absolute Gasteiger partial charge is 0.322 e. The number of thiazole rings is 1. The molecule has 0 saturated heterocycles. The number of sulfonamides is 1. The van der Waals surface area contributed by atoms with Gasteiger partial charge in [0.15, 0.2) is 5.13 Å². The summed E-state index contributed by atoms with van der Waals surface area (Å²) in [4.78, 5) is 22.7. The maximum atomic E-state index is 13.2. The zero-order valence-corrected chi connectivity index (χ0v) is 20.4. The quantitative estimate of drug-likeness (QED) is 0.277. The van der Waals surface area contributed by atoms with Crippen LogP contribution in [-0.2, 0) is 10.0 Å². The lowest BCUT2D eigenvalue weighted by Gasteiger charge is -2.11. The molecule has 2 aromatic carbocycles. The van der Waals surface area contributed by atoms with Gasteiger partial charge in [-0.25, -0.2) is 18.4 Å². The first-order valence-corrected chi connectivity index (χ1v) is 13.4. The summed E-state index contributed by atoms with van der Waals surface area (Å²) in [5, 5.41) is 5.51.